The lowest BCUT2D eigenvalue weighted by Gasteiger charge is -2.20. The van der Waals surface area contributed by atoms with Gasteiger partial charge in [-0.3, -0.25) is 9.10 Å². The number of methoxy groups -OCH3 is 1. The molecule has 0 radical (unpaired) electrons. The van der Waals surface area contributed by atoms with Crippen LogP contribution in [0.5, 0.6) is 5.75 Å². The van der Waals surface area contributed by atoms with Crippen LogP contribution in [0.3, 0.4) is 0 Å². The van der Waals surface area contributed by atoms with Gasteiger partial charge in [0.25, 0.3) is 5.91 Å². The van der Waals surface area contributed by atoms with E-state index in [0.717, 1.165) is 29.6 Å². The zero-order chi connectivity index (χ0) is 20.2. The van der Waals surface area contributed by atoms with E-state index in [9.17, 15) is 13.2 Å². The number of ether oxygens (including phenoxy) is 1. The van der Waals surface area contributed by atoms with Crippen molar-refractivity contribution in [1.29, 1.82) is 0 Å². The molecular formula is C20H26N2O4S. The number of amides is 1. The van der Waals surface area contributed by atoms with Crippen LogP contribution in [-0.2, 0) is 10.0 Å². The Hall–Kier alpha value is -2.54. The van der Waals surface area contributed by atoms with E-state index in [1.54, 1.807) is 31.4 Å². The summed E-state index contributed by atoms with van der Waals surface area (Å²) in [6.45, 7) is 3.97. The SMILES string of the molecule is CC[C@@H](NC(=O)c1ccc(N(C)S(C)(=O)=O)cc1)c1ccc(OC)c(C)c1. The van der Waals surface area contributed by atoms with Gasteiger partial charge >= 0.3 is 0 Å². The molecular weight excluding hydrogens is 364 g/mol. The minimum absolute atomic E-state index is 0.125. The number of hydrogen-bond donors (Lipinski definition) is 1. The zero-order valence-corrected chi connectivity index (χ0v) is 17.1. The Labute approximate surface area is 161 Å². The largest absolute Gasteiger partial charge is 0.496 e. The molecule has 1 amide bonds. The van der Waals surface area contributed by atoms with E-state index in [1.807, 2.05) is 32.0 Å². The van der Waals surface area contributed by atoms with Gasteiger partial charge in [-0.1, -0.05) is 19.1 Å². The van der Waals surface area contributed by atoms with E-state index in [-0.39, 0.29) is 11.9 Å². The zero-order valence-electron chi connectivity index (χ0n) is 16.3. The standard InChI is InChI=1S/C20H26N2O4S/c1-6-18(16-9-12-19(26-4)14(2)13-16)21-20(23)15-7-10-17(11-8-15)22(3)27(5,24)25/h7-13,18H,6H2,1-5H3,(H,21,23)/t18-/m1/s1. The monoisotopic (exact) mass is 390 g/mol. The van der Waals surface area contributed by atoms with Crippen molar-refractivity contribution < 1.29 is 17.9 Å². The van der Waals surface area contributed by atoms with Gasteiger partial charge in [0.15, 0.2) is 0 Å². The second kappa shape index (κ2) is 8.43. The third kappa shape index (κ3) is 5.01. The molecule has 2 rings (SSSR count). The lowest BCUT2D eigenvalue weighted by atomic mass is 10.0. The number of aryl methyl sites for hydroxylation is 1. The first-order valence-corrected chi connectivity index (χ1v) is 10.5. The Morgan fingerprint density at radius 2 is 1.81 bits per heavy atom. The minimum Gasteiger partial charge on any atom is -0.496 e. The average molecular weight is 391 g/mol. The number of sulfonamides is 1. The lowest BCUT2D eigenvalue weighted by Crippen LogP contribution is -2.28. The molecule has 0 fully saturated rings. The van der Waals surface area contributed by atoms with E-state index in [2.05, 4.69) is 5.32 Å². The first-order chi connectivity index (χ1) is 12.7. The number of hydrogen-bond acceptors (Lipinski definition) is 4. The molecule has 2 aromatic rings. The summed E-state index contributed by atoms with van der Waals surface area (Å²) in [6.07, 6.45) is 1.88. The predicted molar refractivity (Wildman–Crippen MR) is 108 cm³/mol. The van der Waals surface area contributed by atoms with Crippen molar-refractivity contribution in [1.82, 2.24) is 5.32 Å². The van der Waals surface area contributed by atoms with Gasteiger partial charge < -0.3 is 10.1 Å². The summed E-state index contributed by atoms with van der Waals surface area (Å²) in [7, 11) is -0.229. The number of carbonyl (C=O) groups excluding carboxylic acids is 1. The van der Waals surface area contributed by atoms with Crippen molar-refractivity contribution in [3.05, 3.63) is 59.2 Å². The number of anilines is 1. The first-order valence-electron chi connectivity index (χ1n) is 8.66. The second-order valence-electron chi connectivity index (χ2n) is 6.44. The molecule has 0 aromatic heterocycles. The van der Waals surface area contributed by atoms with Crippen molar-refractivity contribution >= 4 is 21.6 Å². The molecule has 0 saturated carbocycles. The molecule has 0 bridgehead atoms. The quantitative estimate of drug-likeness (QED) is 0.787. The van der Waals surface area contributed by atoms with Crippen LogP contribution in [-0.4, -0.2) is 34.7 Å². The Kier molecular flexibility index (Phi) is 6.49. The van der Waals surface area contributed by atoms with Crippen LogP contribution in [0.2, 0.25) is 0 Å². The van der Waals surface area contributed by atoms with Crippen LogP contribution >= 0.6 is 0 Å². The van der Waals surface area contributed by atoms with Crippen molar-refractivity contribution in [3.8, 4) is 5.75 Å². The number of rotatable bonds is 7. The number of nitrogens with one attached hydrogen (secondary N) is 1. The Bertz CT molecular complexity index is 908. The molecule has 146 valence electrons. The summed E-state index contributed by atoms with van der Waals surface area (Å²) in [4.78, 5) is 12.6. The highest BCUT2D eigenvalue weighted by Crippen LogP contribution is 2.25. The van der Waals surface area contributed by atoms with E-state index in [0.29, 0.717) is 11.3 Å². The van der Waals surface area contributed by atoms with Gasteiger partial charge in [-0.2, -0.15) is 0 Å². The summed E-state index contributed by atoms with van der Waals surface area (Å²) in [6, 6.07) is 12.2. The molecule has 0 aliphatic rings. The van der Waals surface area contributed by atoms with Gasteiger partial charge in [0.2, 0.25) is 10.0 Å². The summed E-state index contributed by atoms with van der Waals surface area (Å²) in [5, 5.41) is 3.03. The van der Waals surface area contributed by atoms with E-state index < -0.39 is 10.0 Å². The van der Waals surface area contributed by atoms with E-state index in [4.69, 9.17) is 4.74 Å². The van der Waals surface area contributed by atoms with Gasteiger partial charge in [-0.15, -0.1) is 0 Å². The maximum Gasteiger partial charge on any atom is 0.251 e. The highest BCUT2D eigenvalue weighted by molar-refractivity contribution is 7.92. The van der Waals surface area contributed by atoms with Crippen molar-refractivity contribution in [2.24, 2.45) is 0 Å². The maximum absolute atomic E-state index is 12.6. The van der Waals surface area contributed by atoms with Crippen LogP contribution < -0.4 is 14.4 Å². The second-order valence-corrected chi connectivity index (χ2v) is 8.45. The first kappa shape index (κ1) is 20.8. The van der Waals surface area contributed by atoms with Crippen LogP contribution in [0.25, 0.3) is 0 Å². The third-order valence-corrected chi connectivity index (χ3v) is 5.73. The Morgan fingerprint density at radius 3 is 2.30 bits per heavy atom. The molecule has 0 aliphatic heterocycles. The molecule has 1 N–H and O–H groups in total. The van der Waals surface area contributed by atoms with E-state index in [1.165, 1.54) is 11.4 Å². The van der Waals surface area contributed by atoms with Gasteiger partial charge in [-0.25, -0.2) is 8.42 Å². The van der Waals surface area contributed by atoms with Crippen LogP contribution in [0.4, 0.5) is 5.69 Å². The molecule has 27 heavy (non-hydrogen) atoms. The summed E-state index contributed by atoms with van der Waals surface area (Å²) in [5.74, 6) is 0.606. The molecule has 0 aliphatic carbocycles. The molecule has 1 atom stereocenters. The Morgan fingerprint density at radius 1 is 1.19 bits per heavy atom. The molecule has 6 nitrogen and oxygen atoms in total. The van der Waals surface area contributed by atoms with Gasteiger partial charge in [-0.05, 0) is 54.8 Å². The topological polar surface area (TPSA) is 75.7 Å². The fourth-order valence-electron chi connectivity index (χ4n) is 2.80. The normalized spacial score (nSPS) is 12.3. The molecule has 2 aromatic carbocycles. The molecule has 7 heteroatoms. The fourth-order valence-corrected chi connectivity index (χ4v) is 3.30. The van der Waals surface area contributed by atoms with E-state index >= 15 is 0 Å². The number of nitrogens with zero attached hydrogens (tertiary/aromatic N) is 1. The number of carbonyl (C=O) groups is 1. The van der Waals surface area contributed by atoms with Crippen molar-refractivity contribution in [3.63, 3.8) is 0 Å². The van der Waals surface area contributed by atoms with Gasteiger partial charge in [0.1, 0.15) is 5.75 Å². The van der Waals surface area contributed by atoms with Crippen molar-refractivity contribution in [2.45, 2.75) is 26.3 Å². The van der Waals surface area contributed by atoms with Crippen LogP contribution in [0.15, 0.2) is 42.5 Å². The predicted octanol–water partition coefficient (Wildman–Crippen LogP) is 3.28. The highest BCUT2D eigenvalue weighted by Gasteiger charge is 2.16. The molecule has 0 heterocycles. The van der Waals surface area contributed by atoms with Gasteiger partial charge in [0.05, 0.1) is 25.1 Å². The highest BCUT2D eigenvalue weighted by atomic mass is 32.2. The van der Waals surface area contributed by atoms with Crippen LogP contribution in [0.1, 0.15) is 40.9 Å². The summed E-state index contributed by atoms with van der Waals surface area (Å²) >= 11 is 0. The fraction of sp³-hybridized carbons (Fsp3) is 0.350. The minimum atomic E-state index is -3.34. The third-order valence-electron chi connectivity index (χ3n) is 4.53. The summed E-state index contributed by atoms with van der Waals surface area (Å²) < 4.78 is 29.7. The molecule has 0 spiro atoms. The molecule has 0 saturated heterocycles. The lowest BCUT2D eigenvalue weighted by molar-refractivity contribution is 0.0935. The Balaban J connectivity index is 2.16. The van der Waals surface area contributed by atoms with Gasteiger partial charge in [0, 0.05) is 12.6 Å². The average Bonchev–Trinajstić information content (AvgIpc) is 2.64. The number of benzene rings is 2. The smallest absolute Gasteiger partial charge is 0.251 e. The maximum atomic E-state index is 12.6. The molecule has 0 unspecified atom stereocenters. The van der Waals surface area contributed by atoms with Crippen molar-refractivity contribution in [2.75, 3.05) is 24.7 Å². The summed E-state index contributed by atoms with van der Waals surface area (Å²) in [5.41, 5.74) is 3.00. The van der Waals surface area contributed by atoms with Crippen LogP contribution in [0, 0.1) is 6.92 Å².